The van der Waals surface area contributed by atoms with Gasteiger partial charge in [0.25, 0.3) is 0 Å². The number of nitrogens with zero attached hydrogens (tertiary/aromatic N) is 3. The highest BCUT2D eigenvalue weighted by Gasteiger charge is 2.27. The Balaban J connectivity index is 1.37. The quantitative estimate of drug-likeness (QED) is 0.799. The fourth-order valence-corrected chi connectivity index (χ4v) is 3.84. The summed E-state index contributed by atoms with van der Waals surface area (Å²) in [6, 6.07) is 17.3. The number of carbonyl (C=O) groups excluding carboxylic acids is 1. The van der Waals surface area contributed by atoms with E-state index in [0.29, 0.717) is 0 Å². The van der Waals surface area contributed by atoms with E-state index < -0.39 is 0 Å². The van der Waals surface area contributed by atoms with Crippen LogP contribution < -0.4 is 4.90 Å². The Hall–Kier alpha value is -2.49. The van der Waals surface area contributed by atoms with E-state index in [0.717, 1.165) is 45.7 Å². The summed E-state index contributed by atoms with van der Waals surface area (Å²) < 4.78 is 0. The maximum absolute atomic E-state index is 12.9. The molecule has 2 aromatic rings. The van der Waals surface area contributed by atoms with Crippen molar-refractivity contribution in [2.24, 2.45) is 0 Å². The van der Waals surface area contributed by atoms with Crippen molar-refractivity contribution in [2.75, 3.05) is 37.6 Å². The first-order valence-corrected chi connectivity index (χ1v) is 9.13. The minimum atomic E-state index is 0.193. The number of rotatable bonds is 1. The van der Waals surface area contributed by atoms with E-state index in [-0.39, 0.29) is 6.03 Å². The number of aryl methyl sites for hydroxylation is 1. The minimum Gasteiger partial charge on any atom is -0.368 e. The smallest absolute Gasteiger partial charge is 0.320 e. The molecular weight excluding hydrogens is 310 g/mol. The lowest BCUT2D eigenvalue weighted by Crippen LogP contribution is -2.53. The standard InChI is InChI=1S/C21H25N3O/c1-17-5-4-8-20(15-17)22-11-13-23(14-12-22)21(25)24-10-9-18-6-2-3-7-19(18)16-24/h2-8,15H,9-14,16H2,1H3. The molecule has 0 unspecified atom stereocenters. The van der Waals surface area contributed by atoms with Gasteiger partial charge in [-0.1, -0.05) is 36.4 Å². The van der Waals surface area contributed by atoms with Crippen LogP contribution in [0.3, 0.4) is 0 Å². The minimum absolute atomic E-state index is 0.193. The molecule has 0 aromatic heterocycles. The topological polar surface area (TPSA) is 26.8 Å². The molecule has 2 aromatic carbocycles. The maximum Gasteiger partial charge on any atom is 0.320 e. The number of piperazine rings is 1. The Kier molecular flexibility index (Phi) is 4.35. The van der Waals surface area contributed by atoms with Crippen molar-refractivity contribution in [1.29, 1.82) is 0 Å². The van der Waals surface area contributed by atoms with E-state index in [9.17, 15) is 4.79 Å². The number of anilines is 1. The van der Waals surface area contributed by atoms with Gasteiger partial charge in [0.05, 0.1) is 0 Å². The zero-order valence-electron chi connectivity index (χ0n) is 14.8. The third-order valence-corrected chi connectivity index (χ3v) is 5.32. The van der Waals surface area contributed by atoms with E-state index in [1.165, 1.54) is 22.4 Å². The number of hydrogen-bond donors (Lipinski definition) is 0. The van der Waals surface area contributed by atoms with Crippen LogP contribution in [0.4, 0.5) is 10.5 Å². The summed E-state index contributed by atoms with van der Waals surface area (Å²) in [6.07, 6.45) is 0.963. The highest BCUT2D eigenvalue weighted by molar-refractivity contribution is 5.75. The van der Waals surface area contributed by atoms with E-state index in [2.05, 4.69) is 60.4 Å². The van der Waals surface area contributed by atoms with Crippen LogP contribution in [-0.4, -0.2) is 48.6 Å². The van der Waals surface area contributed by atoms with E-state index in [4.69, 9.17) is 0 Å². The first kappa shape index (κ1) is 16.0. The lowest BCUT2D eigenvalue weighted by Gasteiger charge is -2.39. The van der Waals surface area contributed by atoms with Crippen molar-refractivity contribution in [3.05, 3.63) is 65.2 Å². The van der Waals surface area contributed by atoms with Gasteiger partial charge in [-0.15, -0.1) is 0 Å². The van der Waals surface area contributed by atoms with E-state index in [1.807, 2.05) is 9.80 Å². The molecule has 2 aliphatic heterocycles. The summed E-state index contributed by atoms with van der Waals surface area (Å²) >= 11 is 0. The molecule has 0 bridgehead atoms. The third-order valence-electron chi connectivity index (χ3n) is 5.32. The molecule has 130 valence electrons. The lowest BCUT2D eigenvalue weighted by molar-refractivity contribution is 0.145. The Morgan fingerprint density at radius 2 is 1.60 bits per heavy atom. The van der Waals surface area contributed by atoms with Gasteiger partial charge in [-0.3, -0.25) is 0 Å². The summed E-state index contributed by atoms with van der Waals surface area (Å²) in [6.45, 7) is 7.09. The molecule has 0 atom stereocenters. The van der Waals surface area contributed by atoms with Crippen LogP contribution in [0.1, 0.15) is 16.7 Å². The number of benzene rings is 2. The fraction of sp³-hybridized carbons (Fsp3) is 0.381. The predicted octanol–water partition coefficient (Wildman–Crippen LogP) is 3.30. The van der Waals surface area contributed by atoms with Gasteiger partial charge in [0.2, 0.25) is 0 Å². The second kappa shape index (κ2) is 6.79. The maximum atomic E-state index is 12.9. The summed E-state index contributed by atoms with van der Waals surface area (Å²) in [4.78, 5) is 19.3. The molecule has 4 heteroatoms. The molecule has 25 heavy (non-hydrogen) atoms. The average molecular weight is 335 g/mol. The highest BCUT2D eigenvalue weighted by Crippen LogP contribution is 2.21. The zero-order chi connectivity index (χ0) is 17.2. The summed E-state index contributed by atoms with van der Waals surface area (Å²) in [5.74, 6) is 0. The van der Waals surface area contributed by atoms with Crippen LogP contribution in [0.15, 0.2) is 48.5 Å². The molecule has 0 radical (unpaired) electrons. The highest BCUT2D eigenvalue weighted by atomic mass is 16.2. The predicted molar refractivity (Wildman–Crippen MR) is 101 cm³/mol. The number of urea groups is 1. The van der Waals surface area contributed by atoms with E-state index in [1.54, 1.807) is 0 Å². The molecule has 0 saturated carbocycles. The molecule has 1 fully saturated rings. The lowest BCUT2D eigenvalue weighted by atomic mass is 10.0. The Labute approximate surface area is 149 Å². The zero-order valence-corrected chi connectivity index (χ0v) is 14.8. The third kappa shape index (κ3) is 3.34. The second-order valence-electron chi connectivity index (χ2n) is 7.04. The van der Waals surface area contributed by atoms with Crippen LogP contribution in [0.5, 0.6) is 0 Å². The Morgan fingerprint density at radius 3 is 2.36 bits per heavy atom. The SMILES string of the molecule is Cc1cccc(N2CCN(C(=O)N3CCc4ccccc4C3)CC2)c1. The molecule has 0 spiro atoms. The van der Waals surface area contributed by atoms with Gasteiger partial charge >= 0.3 is 6.03 Å². The number of amides is 2. The molecular formula is C21H25N3O. The van der Waals surface area contributed by atoms with Crippen LogP contribution in [0.25, 0.3) is 0 Å². The van der Waals surface area contributed by atoms with Crippen molar-refractivity contribution in [2.45, 2.75) is 19.9 Å². The van der Waals surface area contributed by atoms with Gasteiger partial charge < -0.3 is 14.7 Å². The van der Waals surface area contributed by atoms with Gasteiger partial charge in [-0.2, -0.15) is 0 Å². The molecule has 2 amide bonds. The van der Waals surface area contributed by atoms with Crippen molar-refractivity contribution < 1.29 is 4.79 Å². The van der Waals surface area contributed by atoms with Crippen LogP contribution in [0, 0.1) is 6.92 Å². The normalized spacial score (nSPS) is 17.4. The van der Waals surface area contributed by atoms with Crippen LogP contribution in [-0.2, 0) is 13.0 Å². The molecule has 4 rings (SSSR count). The van der Waals surface area contributed by atoms with E-state index >= 15 is 0 Å². The Morgan fingerprint density at radius 1 is 0.840 bits per heavy atom. The largest absolute Gasteiger partial charge is 0.368 e. The number of fused-ring (bicyclic) bond motifs is 1. The monoisotopic (exact) mass is 335 g/mol. The molecule has 2 heterocycles. The van der Waals surface area contributed by atoms with Gasteiger partial charge in [-0.25, -0.2) is 4.79 Å². The molecule has 1 saturated heterocycles. The van der Waals surface area contributed by atoms with Gasteiger partial charge in [0.1, 0.15) is 0 Å². The molecule has 2 aliphatic rings. The van der Waals surface area contributed by atoms with Gasteiger partial charge in [-0.05, 0) is 42.2 Å². The van der Waals surface area contributed by atoms with Gasteiger partial charge in [0, 0.05) is 45.0 Å². The van der Waals surface area contributed by atoms with Crippen molar-refractivity contribution in [1.82, 2.24) is 9.80 Å². The first-order chi connectivity index (χ1) is 12.2. The van der Waals surface area contributed by atoms with Crippen molar-refractivity contribution in [3.8, 4) is 0 Å². The molecule has 0 aliphatic carbocycles. The number of carbonyl (C=O) groups is 1. The van der Waals surface area contributed by atoms with Crippen LogP contribution >= 0.6 is 0 Å². The number of hydrogen-bond acceptors (Lipinski definition) is 2. The first-order valence-electron chi connectivity index (χ1n) is 9.13. The molecule has 4 nitrogen and oxygen atoms in total. The Bertz CT molecular complexity index is 765. The van der Waals surface area contributed by atoms with Crippen molar-refractivity contribution >= 4 is 11.7 Å². The van der Waals surface area contributed by atoms with Gasteiger partial charge in [0.15, 0.2) is 0 Å². The van der Waals surface area contributed by atoms with Crippen molar-refractivity contribution in [3.63, 3.8) is 0 Å². The molecule has 0 N–H and O–H groups in total. The fourth-order valence-electron chi connectivity index (χ4n) is 3.84. The van der Waals surface area contributed by atoms with Crippen LogP contribution in [0.2, 0.25) is 0 Å². The summed E-state index contributed by atoms with van der Waals surface area (Å²) in [7, 11) is 0. The summed E-state index contributed by atoms with van der Waals surface area (Å²) in [5, 5.41) is 0. The summed E-state index contributed by atoms with van der Waals surface area (Å²) in [5.41, 5.74) is 5.22. The second-order valence-corrected chi connectivity index (χ2v) is 7.04. The average Bonchev–Trinajstić information content (AvgIpc) is 2.67.